The normalized spacial score (nSPS) is 10.4. The highest BCUT2D eigenvalue weighted by Crippen LogP contribution is 2.17. The molecule has 6 heteroatoms. The van der Waals surface area contributed by atoms with Gasteiger partial charge in [-0.15, -0.1) is 0 Å². The molecular weight excluding hydrogens is 348 g/mol. The number of benzene rings is 2. The first-order valence-electron chi connectivity index (χ1n) is 8.22. The minimum absolute atomic E-state index is 0.296. The highest BCUT2D eigenvalue weighted by molar-refractivity contribution is 6.30. The van der Waals surface area contributed by atoms with Gasteiger partial charge in [0.2, 0.25) is 0 Å². The number of hydrogen-bond acceptors (Lipinski definition) is 4. The smallest absolute Gasteiger partial charge is 0.274 e. The molecule has 0 spiro atoms. The molecule has 0 aliphatic heterocycles. The molecule has 0 fully saturated rings. The topological polar surface area (TPSA) is 66.9 Å². The summed E-state index contributed by atoms with van der Waals surface area (Å²) in [5.41, 5.74) is 3.29. The quantitative estimate of drug-likeness (QED) is 0.691. The number of nitrogens with zero attached hydrogens (tertiary/aromatic N) is 2. The predicted molar refractivity (Wildman–Crippen MR) is 105 cm³/mol. The van der Waals surface area contributed by atoms with E-state index in [0.717, 1.165) is 0 Å². The van der Waals surface area contributed by atoms with Crippen molar-refractivity contribution in [1.29, 1.82) is 0 Å². The number of amides is 1. The Bertz CT molecular complexity index is 943. The van der Waals surface area contributed by atoms with Crippen molar-refractivity contribution in [2.45, 2.75) is 20.4 Å². The van der Waals surface area contributed by atoms with E-state index in [1.54, 1.807) is 37.3 Å². The summed E-state index contributed by atoms with van der Waals surface area (Å²) in [5, 5.41) is 6.61. The molecule has 0 radical (unpaired) electrons. The molecule has 3 rings (SSSR count). The molecule has 132 valence electrons. The van der Waals surface area contributed by atoms with Crippen LogP contribution in [-0.4, -0.2) is 15.9 Å². The third-order valence-electron chi connectivity index (χ3n) is 3.87. The second kappa shape index (κ2) is 7.97. The average molecular weight is 367 g/mol. The first kappa shape index (κ1) is 17.9. The van der Waals surface area contributed by atoms with Gasteiger partial charge >= 0.3 is 0 Å². The van der Waals surface area contributed by atoms with Crippen LogP contribution in [0.25, 0.3) is 0 Å². The van der Waals surface area contributed by atoms with Gasteiger partial charge in [0.05, 0.1) is 0 Å². The van der Waals surface area contributed by atoms with E-state index in [4.69, 9.17) is 11.6 Å². The zero-order valence-corrected chi connectivity index (χ0v) is 15.3. The highest BCUT2D eigenvalue weighted by Gasteiger charge is 2.11. The fourth-order valence-electron chi connectivity index (χ4n) is 2.53. The van der Waals surface area contributed by atoms with Gasteiger partial charge in [0.1, 0.15) is 17.3 Å². The Morgan fingerprint density at radius 1 is 1.04 bits per heavy atom. The summed E-state index contributed by atoms with van der Waals surface area (Å²) in [7, 11) is 0. The summed E-state index contributed by atoms with van der Waals surface area (Å²) in [5.74, 6) is 0.824. The van der Waals surface area contributed by atoms with Crippen LogP contribution in [0.15, 0.2) is 54.6 Å². The van der Waals surface area contributed by atoms with Crippen LogP contribution in [0.5, 0.6) is 0 Å². The number of rotatable bonds is 5. The number of carbonyl (C=O) groups is 1. The van der Waals surface area contributed by atoms with Crippen molar-refractivity contribution in [3.63, 3.8) is 0 Å². The van der Waals surface area contributed by atoms with E-state index in [2.05, 4.69) is 39.7 Å². The van der Waals surface area contributed by atoms with E-state index in [-0.39, 0.29) is 5.91 Å². The van der Waals surface area contributed by atoms with Crippen LogP contribution < -0.4 is 10.6 Å². The van der Waals surface area contributed by atoms with Crippen LogP contribution >= 0.6 is 11.6 Å². The van der Waals surface area contributed by atoms with Gasteiger partial charge in [-0.2, -0.15) is 0 Å². The van der Waals surface area contributed by atoms with Gasteiger partial charge in [-0.05, 0) is 43.2 Å². The van der Waals surface area contributed by atoms with E-state index in [9.17, 15) is 4.79 Å². The van der Waals surface area contributed by atoms with Gasteiger partial charge in [0, 0.05) is 23.3 Å². The zero-order chi connectivity index (χ0) is 18.5. The van der Waals surface area contributed by atoms with Gasteiger partial charge in [0.15, 0.2) is 0 Å². The molecule has 1 heterocycles. The molecule has 2 aromatic carbocycles. The SMILES string of the molecule is Cc1nc(NCc2ccccc2C)cc(C(=O)Nc2cccc(Cl)c2)n1. The van der Waals surface area contributed by atoms with Crippen molar-refractivity contribution >= 4 is 29.0 Å². The number of halogens is 1. The second-order valence-corrected chi connectivity index (χ2v) is 6.37. The fourth-order valence-corrected chi connectivity index (χ4v) is 2.72. The van der Waals surface area contributed by atoms with Gasteiger partial charge in [-0.1, -0.05) is 41.9 Å². The van der Waals surface area contributed by atoms with E-state index in [1.807, 2.05) is 12.1 Å². The van der Waals surface area contributed by atoms with Crippen molar-refractivity contribution in [2.75, 3.05) is 10.6 Å². The lowest BCUT2D eigenvalue weighted by molar-refractivity contribution is 0.102. The molecule has 2 N–H and O–H groups in total. The third-order valence-corrected chi connectivity index (χ3v) is 4.11. The van der Waals surface area contributed by atoms with Crippen LogP contribution in [0.2, 0.25) is 5.02 Å². The Balaban J connectivity index is 1.74. The first-order chi connectivity index (χ1) is 12.5. The summed E-state index contributed by atoms with van der Waals surface area (Å²) >= 11 is 5.95. The average Bonchev–Trinajstić information content (AvgIpc) is 2.60. The lowest BCUT2D eigenvalue weighted by atomic mass is 10.1. The number of aromatic nitrogens is 2. The lowest BCUT2D eigenvalue weighted by Crippen LogP contribution is -2.16. The molecule has 3 aromatic rings. The zero-order valence-electron chi connectivity index (χ0n) is 14.6. The molecule has 0 aliphatic carbocycles. The molecule has 1 aromatic heterocycles. The maximum absolute atomic E-state index is 12.5. The number of aryl methyl sites for hydroxylation is 2. The van der Waals surface area contributed by atoms with Crippen molar-refractivity contribution in [3.8, 4) is 0 Å². The molecule has 26 heavy (non-hydrogen) atoms. The van der Waals surface area contributed by atoms with E-state index in [1.165, 1.54) is 11.1 Å². The van der Waals surface area contributed by atoms with E-state index < -0.39 is 0 Å². The standard InChI is InChI=1S/C20H19ClN4O/c1-13-6-3-4-7-15(13)12-22-19-11-18(23-14(2)24-19)20(26)25-17-9-5-8-16(21)10-17/h3-11H,12H2,1-2H3,(H,25,26)(H,22,23,24). The molecule has 0 atom stereocenters. The molecule has 0 unspecified atom stereocenters. The summed E-state index contributed by atoms with van der Waals surface area (Å²) in [6.07, 6.45) is 0. The summed E-state index contributed by atoms with van der Waals surface area (Å²) in [6, 6.07) is 16.8. The van der Waals surface area contributed by atoms with Crippen LogP contribution in [-0.2, 0) is 6.54 Å². The molecule has 0 saturated heterocycles. The van der Waals surface area contributed by atoms with Crippen molar-refractivity contribution in [2.24, 2.45) is 0 Å². The first-order valence-corrected chi connectivity index (χ1v) is 8.60. The Hall–Kier alpha value is -2.92. The Morgan fingerprint density at radius 2 is 1.85 bits per heavy atom. The lowest BCUT2D eigenvalue weighted by Gasteiger charge is -2.10. The third kappa shape index (κ3) is 4.58. The largest absolute Gasteiger partial charge is 0.366 e. The fraction of sp³-hybridized carbons (Fsp3) is 0.150. The molecule has 0 bridgehead atoms. The minimum atomic E-state index is -0.309. The Labute approximate surface area is 157 Å². The molecule has 0 saturated carbocycles. The summed E-state index contributed by atoms with van der Waals surface area (Å²) in [6.45, 7) is 4.44. The molecule has 0 aliphatic rings. The van der Waals surface area contributed by atoms with E-state index >= 15 is 0 Å². The number of nitrogens with one attached hydrogen (secondary N) is 2. The maximum atomic E-state index is 12.5. The highest BCUT2D eigenvalue weighted by atomic mass is 35.5. The van der Waals surface area contributed by atoms with Crippen molar-refractivity contribution in [3.05, 3.63) is 82.3 Å². The summed E-state index contributed by atoms with van der Waals surface area (Å²) < 4.78 is 0. The maximum Gasteiger partial charge on any atom is 0.274 e. The molecular formula is C20H19ClN4O. The molecule has 1 amide bonds. The van der Waals surface area contributed by atoms with Crippen LogP contribution in [0.1, 0.15) is 27.4 Å². The monoisotopic (exact) mass is 366 g/mol. The van der Waals surface area contributed by atoms with E-state index in [0.29, 0.717) is 34.6 Å². The van der Waals surface area contributed by atoms with Crippen LogP contribution in [0.4, 0.5) is 11.5 Å². The van der Waals surface area contributed by atoms with Crippen molar-refractivity contribution in [1.82, 2.24) is 9.97 Å². The minimum Gasteiger partial charge on any atom is -0.366 e. The number of anilines is 2. The van der Waals surface area contributed by atoms with Crippen LogP contribution in [0.3, 0.4) is 0 Å². The summed E-state index contributed by atoms with van der Waals surface area (Å²) in [4.78, 5) is 21.1. The van der Waals surface area contributed by atoms with Gasteiger partial charge in [-0.3, -0.25) is 4.79 Å². The van der Waals surface area contributed by atoms with Gasteiger partial charge < -0.3 is 10.6 Å². The predicted octanol–water partition coefficient (Wildman–Crippen LogP) is 4.61. The molecule has 5 nitrogen and oxygen atoms in total. The Morgan fingerprint density at radius 3 is 2.62 bits per heavy atom. The number of hydrogen-bond donors (Lipinski definition) is 2. The van der Waals surface area contributed by atoms with Gasteiger partial charge in [0.25, 0.3) is 5.91 Å². The number of carbonyl (C=O) groups excluding carboxylic acids is 1. The Kier molecular flexibility index (Phi) is 5.49. The van der Waals surface area contributed by atoms with Crippen molar-refractivity contribution < 1.29 is 4.79 Å². The van der Waals surface area contributed by atoms with Crippen LogP contribution in [0, 0.1) is 13.8 Å². The van der Waals surface area contributed by atoms with Gasteiger partial charge in [-0.25, -0.2) is 9.97 Å². The second-order valence-electron chi connectivity index (χ2n) is 5.93.